The van der Waals surface area contributed by atoms with Crippen LogP contribution in [0.3, 0.4) is 0 Å². The van der Waals surface area contributed by atoms with E-state index in [1.54, 1.807) is 26.4 Å². The van der Waals surface area contributed by atoms with E-state index in [1.807, 2.05) is 24.3 Å². The van der Waals surface area contributed by atoms with Crippen molar-refractivity contribution in [3.63, 3.8) is 0 Å². The van der Waals surface area contributed by atoms with Crippen molar-refractivity contribution in [2.24, 2.45) is 5.92 Å². The summed E-state index contributed by atoms with van der Waals surface area (Å²) in [5.74, 6) is 3.06. The fourth-order valence-corrected chi connectivity index (χ4v) is 4.98. The number of hydrogen-bond donors (Lipinski definition) is 1. The molecule has 3 aromatic carbocycles. The van der Waals surface area contributed by atoms with Crippen LogP contribution < -0.4 is 19.5 Å². The highest BCUT2D eigenvalue weighted by molar-refractivity contribution is 5.71. The van der Waals surface area contributed by atoms with Crippen molar-refractivity contribution in [1.82, 2.24) is 0 Å². The number of benzene rings is 3. The molecule has 0 spiro atoms. The average molecular weight is 459 g/mol. The molecular weight excluding hydrogens is 432 g/mol. The minimum Gasteiger partial charge on any atom is -0.496 e. The van der Waals surface area contributed by atoms with Gasteiger partial charge in [-0.15, -0.1) is 0 Å². The highest BCUT2D eigenvalue weighted by Gasteiger charge is 2.40. The second-order valence-electron chi connectivity index (χ2n) is 8.52. The maximum atomic E-state index is 10.8. The smallest absolute Gasteiger partial charge is 0.269 e. The van der Waals surface area contributed by atoms with E-state index in [9.17, 15) is 10.1 Å². The number of allylic oxidation sites excluding steroid dienone is 2. The van der Waals surface area contributed by atoms with E-state index in [2.05, 4.69) is 29.6 Å². The van der Waals surface area contributed by atoms with Crippen LogP contribution in [-0.2, 0) is 6.61 Å². The van der Waals surface area contributed by atoms with Gasteiger partial charge in [-0.1, -0.05) is 24.3 Å². The molecule has 174 valence electrons. The van der Waals surface area contributed by atoms with Crippen LogP contribution in [0.2, 0.25) is 0 Å². The van der Waals surface area contributed by atoms with Gasteiger partial charge in [0.25, 0.3) is 5.69 Å². The number of fused-ring (bicyclic) bond motifs is 3. The van der Waals surface area contributed by atoms with Gasteiger partial charge in [0.1, 0.15) is 23.9 Å². The van der Waals surface area contributed by atoms with Crippen molar-refractivity contribution in [3.05, 3.63) is 99.6 Å². The zero-order valence-corrected chi connectivity index (χ0v) is 19.1. The molecule has 1 aliphatic carbocycles. The highest BCUT2D eigenvalue weighted by atomic mass is 16.6. The third kappa shape index (κ3) is 3.94. The number of rotatable bonds is 7. The number of nitrogens with zero attached hydrogens (tertiary/aromatic N) is 1. The predicted molar refractivity (Wildman–Crippen MR) is 130 cm³/mol. The molecule has 2 aliphatic rings. The first kappa shape index (κ1) is 21.8. The molecule has 1 heterocycles. The summed E-state index contributed by atoms with van der Waals surface area (Å²) in [6.45, 7) is 0.345. The zero-order valence-electron chi connectivity index (χ0n) is 19.1. The molecule has 3 aromatic rings. The molecule has 0 fully saturated rings. The quantitative estimate of drug-likeness (QED) is 0.265. The second kappa shape index (κ2) is 9.09. The Morgan fingerprint density at radius 1 is 0.971 bits per heavy atom. The largest absolute Gasteiger partial charge is 0.496 e. The van der Waals surface area contributed by atoms with Gasteiger partial charge in [-0.2, -0.15) is 0 Å². The lowest BCUT2D eigenvalue weighted by Crippen LogP contribution is -2.29. The summed E-state index contributed by atoms with van der Waals surface area (Å²) < 4.78 is 17.2. The van der Waals surface area contributed by atoms with Crippen LogP contribution in [0.15, 0.2) is 72.8 Å². The van der Waals surface area contributed by atoms with E-state index in [1.165, 1.54) is 17.7 Å². The molecule has 0 amide bonds. The standard InChI is InChI=1S/C27H26N2O5/c1-32-23-14-15-24(33-2)27-25(23)21-4-3-5-22(21)26(28-27)18-8-12-20(13-9-18)34-16-17-6-10-19(11-7-17)29(30)31/h3-4,6-15,21-22,26,28H,5,16H2,1-2H3/t21-,22+,26+/m1/s1. The number of nitrogens with one attached hydrogen (secondary N) is 1. The van der Waals surface area contributed by atoms with Crippen molar-refractivity contribution in [2.75, 3.05) is 19.5 Å². The number of ether oxygens (including phenoxy) is 3. The van der Waals surface area contributed by atoms with Crippen LogP contribution >= 0.6 is 0 Å². The zero-order chi connectivity index (χ0) is 23.7. The third-order valence-corrected chi connectivity index (χ3v) is 6.67. The molecule has 7 heteroatoms. The number of non-ortho nitro benzene ring substituents is 1. The van der Waals surface area contributed by atoms with Crippen LogP contribution in [-0.4, -0.2) is 19.1 Å². The summed E-state index contributed by atoms with van der Waals surface area (Å²) >= 11 is 0. The molecule has 0 saturated heterocycles. The Labute approximate surface area is 198 Å². The van der Waals surface area contributed by atoms with E-state index >= 15 is 0 Å². The Morgan fingerprint density at radius 3 is 2.35 bits per heavy atom. The number of nitro groups is 1. The van der Waals surface area contributed by atoms with Crippen molar-refractivity contribution in [2.45, 2.75) is 25.0 Å². The number of hydrogen-bond acceptors (Lipinski definition) is 6. The molecule has 34 heavy (non-hydrogen) atoms. The molecule has 1 aliphatic heterocycles. The van der Waals surface area contributed by atoms with Gasteiger partial charge >= 0.3 is 0 Å². The SMILES string of the molecule is COc1ccc(OC)c2c1N[C@@H](c1ccc(OCc3ccc([N+](=O)[O-])cc3)cc1)[C@H]1CC=C[C@@H]21. The van der Waals surface area contributed by atoms with Gasteiger partial charge in [-0.25, -0.2) is 0 Å². The monoisotopic (exact) mass is 458 g/mol. The van der Waals surface area contributed by atoms with Crippen molar-refractivity contribution in [1.29, 1.82) is 0 Å². The average Bonchev–Trinajstić information content (AvgIpc) is 3.37. The molecule has 7 nitrogen and oxygen atoms in total. The predicted octanol–water partition coefficient (Wildman–Crippen LogP) is 6.02. The molecule has 0 unspecified atom stereocenters. The van der Waals surface area contributed by atoms with Gasteiger partial charge in [-0.3, -0.25) is 10.1 Å². The minimum absolute atomic E-state index is 0.0728. The summed E-state index contributed by atoms with van der Waals surface area (Å²) in [4.78, 5) is 10.4. The van der Waals surface area contributed by atoms with Crippen molar-refractivity contribution < 1.29 is 19.1 Å². The normalized spacial score (nSPS) is 20.1. The molecule has 0 radical (unpaired) electrons. The molecule has 0 saturated carbocycles. The summed E-state index contributed by atoms with van der Waals surface area (Å²) in [5, 5.41) is 14.5. The van der Waals surface area contributed by atoms with Gasteiger partial charge in [0, 0.05) is 23.6 Å². The Balaban J connectivity index is 1.35. The van der Waals surface area contributed by atoms with Crippen molar-refractivity contribution >= 4 is 11.4 Å². The number of nitro benzene ring substituents is 1. The highest BCUT2D eigenvalue weighted by Crippen LogP contribution is 2.55. The lowest BCUT2D eigenvalue weighted by Gasteiger charge is -2.38. The molecule has 0 bridgehead atoms. The minimum atomic E-state index is -0.406. The van der Waals surface area contributed by atoms with Crippen LogP contribution in [0.1, 0.15) is 35.1 Å². The van der Waals surface area contributed by atoms with E-state index in [0.29, 0.717) is 12.5 Å². The van der Waals surface area contributed by atoms with Gasteiger partial charge < -0.3 is 19.5 Å². The Bertz CT molecular complexity index is 1220. The Morgan fingerprint density at radius 2 is 1.68 bits per heavy atom. The fourth-order valence-electron chi connectivity index (χ4n) is 4.98. The van der Waals surface area contributed by atoms with E-state index < -0.39 is 4.92 Å². The first-order valence-electron chi connectivity index (χ1n) is 11.2. The summed E-state index contributed by atoms with van der Waals surface area (Å²) in [6.07, 6.45) is 5.52. The van der Waals surface area contributed by atoms with E-state index in [4.69, 9.17) is 14.2 Å². The lowest BCUT2D eigenvalue weighted by molar-refractivity contribution is -0.384. The van der Waals surface area contributed by atoms with Gasteiger partial charge in [0.15, 0.2) is 0 Å². The molecule has 0 aromatic heterocycles. The summed E-state index contributed by atoms with van der Waals surface area (Å²) in [6, 6.07) is 18.6. The van der Waals surface area contributed by atoms with Gasteiger partial charge in [-0.05, 0) is 59.9 Å². The maximum absolute atomic E-state index is 10.8. The summed E-state index contributed by atoms with van der Waals surface area (Å²) in [5.41, 5.74) is 4.26. The van der Waals surface area contributed by atoms with E-state index in [0.717, 1.165) is 40.5 Å². The third-order valence-electron chi connectivity index (χ3n) is 6.67. The van der Waals surface area contributed by atoms with Crippen LogP contribution in [0.25, 0.3) is 0 Å². The first-order chi connectivity index (χ1) is 16.6. The van der Waals surface area contributed by atoms with Gasteiger partial charge in [0.05, 0.1) is 30.9 Å². The topological polar surface area (TPSA) is 82.9 Å². The number of methoxy groups -OCH3 is 2. The maximum Gasteiger partial charge on any atom is 0.269 e. The first-order valence-corrected chi connectivity index (χ1v) is 11.2. The molecule has 3 atom stereocenters. The fraction of sp³-hybridized carbons (Fsp3) is 0.259. The van der Waals surface area contributed by atoms with Crippen LogP contribution in [0, 0.1) is 16.0 Å². The summed E-state index contributed by atoms with van der Waals surface area (Å²) in [7, 11) is 3.39. The Kier molecular flexibility index (Phi) is 5.84. The molecule has 5 rings (SSSR count). The lowest BCUT2D eigenvalue weighted by atomic mass is 9.76. The van der Waals surface area contributed by atoms with E-state index in [-0.39, 0.29) is 17.6 Å². The molecular formula is C27H26N2O5. The number of anilines is 1. The van der Waals surface area contributed by atoms with Crippen molar-refractivity contribution in [3.8, 4) is 17.2 Å². The van der Waals surface area contributed by atoms with Gasteiger partial charge in [0.2, 0.25) is 0 Å². The molecule has 1 N–H and O–H groups in total. The van der Waals surface area contributed by atoms with Crippen LogP contribution in [0.5, 0.6) is 17.2 Å². The Hall–Kier alpha value is -4.00. The second-order valence-corrected chi connectivity index (χ2v) is 8.52. The van der Waals surface area contributed by atoms with Crippen LogP contribution in [0.4, 0.5) is 11.4 Å².